The van der Waals surface area contributed by atoms with E-state index in [9.17, 15) is 0 Å². The van der Waals surface area contributed by atoms with Gasteiger partial charge in [0.25, 0.3) is 0 Å². The molecule has 3 rings (SSSR count). The van der Waals surface area contributed by atoms with Gasteiger partial charge in [0.1, 0.15) is 11.5 Å². The van der Waals surface area contributed by atoms with Crippen LogP contribution in [-0.4, -0.2) is 6.04 Å². The summed E-state index contributed by atoms with van der Waals surface area (Å²) < 4.78 is 6.08. The third-order valence-corrected chi connectivity index (χ3v) is 3.92. The minimum absolute atomic E-state index is 0.657. The van der Waals surface area contributed by atoms with Crippen molar-refractivity contribution < 1.29 is 4.74 Å². The molecule has 2 aromatic carbocycles. The van der Waals surface area contributed by atoms with E-state index >= 15 is 0 Å². The summed E-state index contributed by atoms with van der Waals surface area (Å²) in [7, 11) is 0. The topological polar surface area (TPSA) is 21.3 Å². The Morgan fingerprint density at radius 3 is 2.52 bits per heavy atom. The van der Waals surface area contributed by atoms with E-state index in [4.69, 9.17) is 16.3 Å². The van der Waals surface area contributed by atoms with E-state index in [-0.39, 0.29) is 0 Å². The van der Waals surface area contributed by atoms with Crippen LogP contribution < -0.4 is 10.1 Å². The van der Waals surface area contributed by atoms with Gasteiger partial charge in [-0.15, -0.1) is 0 Å². The van der Waals surface area contributed by atoms with E-state index in [1.165, 1.54) is 24.0 Å². The predicted molar refractivity (Wildman–Crippen MR) is 87.3 cm³/mol. The van der Waals surface area contributed by atoms with Gasteiger partial charge in [-0.2, -0.15) is 0 Å². The minimum atomic E-state index is 0.657. The lowest BCUT2D eigenvalue weighted by molar-refractivity contribution is 0.472. The van der Waals surface area contributed by atoms with E-state index in [2.05, 4.69) is 31.3 Å². The van der Waals surface area contributed by atoms with Crippen LogP contribution in [0.25, 0.3) is 0 Å². The van der Waals surface area contributed by atoms with E-state index in [1.807, 2.05) is 24.3 Å². The lowest BCUT2D eigenvalue weighted by atomic mass is 10.1. The van der Waals surface area contributed by atoms with Crippen molar-refractivity contribution in [1.82, 2.24) is 5.32 Å². The largest absolute Gasteiger partial charge is 0.455 e. The Kier molecular flexibility index (Phi) is 4.18. The maximum absolute atomic E-state index is 6.34. The molecule has 1 aliphatic carbocycles. The third kappa shape index (κ3) is 3.78. The number of ether oxygens (including phenoxy) is 1. The lowest BCUT2D eigenvalue weighted by Crippen LogP contribution is -2.15. The third-order valence-electron chi connectivity index (χ3n) is 3.62. The van der Waals surface area contributed by atoms with Crippen LogP contribution in [0, 0.1) is 13.8 Å². The molecule has 0 unspecified atom stereocenters. The van der Waals surface area contributed by atoms with Crippen LogP contribution in [0.15, 0.2) is 36.4 Å². The number of rotatable bonds is 5. The average molecular weight is 302 g/mol. The van der Waals surface area contributed by atoms with Crippen molar-refractivity contribution in [2.75, 3.05) is 0 Å². The Balaban J connectivity index is 1.85. The molecule has 0 amide bonds. The fourth-order valence-corrected chi connectivity index (χ4v) is 2.69. The van der Waals surface area contributed by atoms with Crippen LogP contribution in [0.2, 0.25) is 5.02 Å². The zero-order valence-electron chi connectivity index (χ0n) is 12.4. The summed E-state index contributed by atoms with van der Waals surface area (Å²) in [6, 6.07) is 12.8. The highest BCUT2D eigenvalue weighted by Crippen LogP contribution is 2.34. The van der Waals surface area contributed by atoms with Crippen LogP contribution in [0.1, 0.15) is 29.5 Å². The summed E-state index contributed by atoms with van der Waals surface area (Å²) in [6.07, 6.45) is 2.54. The standard InChI is InChI=1S/C18H20ClNO/c1-12-8-13(2)10-16(9-12)21-18-14(4-3-5-17(18)19)11-20-15-6-7-15/h3-5,8-10,15,20H,6-7,11H2,1-2H3. The lowest BCUT2D eigenvalue weighted by Gasteiger charge is -2.14. The first-order chi connectivity index (χ1) is 10.1. The Morgan fingerprint density at radius 2 is 1.86 bits per heavy atom. The number of halogens is 1. The average Bonchev–Trinajstić information content (AvgIpc) is 3.22. The molecule has 21 heavy (non-hydrogen) atoms. The first kappa shape index (κ1) is 14.4. The van der Waals surface area contributed by atoms with Crippen LogP contribution >= 0.6 is 11.6 Å². The zero-order chi connectivity index (χ0) is 14.8. The fourth-order valence-electron chi connectivity index (χ4n) is 2.46. The maximum atomic E-state index is 6.34. The number of nitrogens with one attached hydrogen (secondary N) is 1. The second-order valence-corrected chi connectivity index (χ2v) is 6.22. The first-order valence-corrected chi connectivity index (χ1v) is 7.76. The molecule has 0 bridgehead atoms. The van der Waals surface area contributed by atoms with Gasteiger partial charge in [-0.1, -0.05) is 29.8 Å². The normalized spacial score (nSPS) is 14.2. The predicted octanol–water partition coefficient (Wildman–Crippen LogP) is 5.00. The Morgan fingerprint density at radius 1 is 1.14 bits per heavy atom. The molecule has 0 aromatic heterocycles. The Hall–Kier alpha value is -1.51. The quantitative estimate of drug-likeness (QED) is 0.839. The Bertz CT molecular complexity index is 629. The molecule has 0 spiro atoms. The first-order valence-electron chi connectivity index (χ1n) is 7.39. The number of benzene rings is 2. The summed E-state index contributed by atoms with van der Waals surface area (Å²) in [5, 5.41) is 4.17. The molecule has 1 saturated carbocycles. The van der Waals surface area contributed by atoms with Gasteiger partial charge < -0.3 is 10.1 Å². The summed E-state index contributed by atoms with van der Waals surface area (Å²) in [5.41, 5.74) is 3.48. The molecule has 110 valence electrons. The molecular formula is C18H20ClNO. The molecule has 3 heteroatoms. The van der Waals surface area contributed by atoms with E-state index in [0.29, 0.717) is 11.1 Å². The molecular weight excluding hydrogens is 282 g/mol. The van der Waals surface area contributed by atoms with Gasteiger partial charge in [0.15, 0.2) is 0 Å². The maximum Gasteiger partial charge on any atom is 0.150 e. The monoisotopic (exact) mass is 301 g/mol. The highest BCUT2D eigenvalue weighted by molar-refractivity contribution is 6.32. The second kappa shape index (κ2) is 6.08. The molecule has 0 aliphatic heterocycles. The van der Waals surface area contributed by atoms with Crippen molar-refractivity contribution in [1.29, 1.82) is 0 Å². The highest BCUT2D eigenvalue weighted by atomic mass is 35.5. The number of para-hydroxylation sites is 1. The summed E-state index contributed by atoms with van der Waals surface area (Å²) in [6.45, 7) is 4.94. The summed E-state index contributed by atoms with van der Waals surface area (Å²) in [5.74, 6) is 1.60. The van der Waals surface area contributed by atoms with E-state index in [0.717, 1.165) is 23.6 Å². The molecule has 0 saturated heterocycles. The van der Waals surface area contributed by atoms with Gasteiger partial charge >= 0.3 is 0 Å². The van der Waals surface area contributed by atoms with Gasteiger partial charge in [-0.25, -0.2) is 0 Å². The van der Waals surface area contributed by atoms with Crippen molar-refractivity contribution in [2.45, 2.75) is 39.3 Å². The smallest absolute Gasteiger partial charge is 0.150 e. The van der Waals surface area contributed by atoms with Gasteiger partial charge in [0.05, 0.1) is 5.02 Å². The van der Waals surface area contributed by atoms with Crippen molar-refractivity contribution >= 4 is 11.6 Å². The van der Waals surface area contributed by atoms with Crippen LogP contribution in [0.4, 0.5) is 0 Å². The molecule has 1 fully saturated rings. The number of aryl methyl sites for hydroxylation is 2. The Labute approximate surface area is 131 Å². The van der Waals surface area contributed by atoms with Crippen LogP contribution in [0.5, 0.6) is 11.5 Å². The van der Waals surface area contributed by atoms with Crippen molar-refractivity contribution in [3.63, 3.8) is 0 Å². The van der Waals surface area contributed by atoms with E-state index < -0.39 is 0 Å². The zero-order valence-corrected chi connectivity index (χ0v) is 13.2. The van der Waals surface area contributed by atoms with Crippen LogP contribution in [0.3, 0.4) is 0 Å². The molecule has 2 nitrogen and oxygen atoms in total. The molecule has 0 atom stereocenters. The fraction of sp³-hybridized carbons (Fsp3) is 0.333. The van der Waals surface area contributed by atoms with E-state index in [1.54, 1.807) is 0 Å². The molecule has 0 heterocycles. The van der Waals surface area contributed by atoms with Crippen molar-refractivity contribution in [2.24, 2.45) is 0 Å². The molecule has 1 N–H and O–H groups in total. The van der Waals surface area contributed by atoms with Gasteiger partial charge in [-0.3, -0.25) is 0 Å². The van der Waals surface area contributed by atoms with Crippen molar-refractivity contribution in [3.8, 4) is 11.5 Å². The van der Waals surface area contributed by atoms with Gasteiger partial charge in [-0.05, 0) is 56.0 Å². The minimum Gasteiger partial charge on any atom is -0.455 e. The van der Waals surface area contributed by atoms with Crippen LogP contribution in [-0.2, 0) is 6.54 Å². The molecule has 1 aliphatic rings. The molecule has 0 radical (unpaired) electrons. The molecule has 2 aromatic rings. The van der Waals surface area contributed by atoms with Crippen molar-refractivity contribution in [3.05, 3.63) is 58.1 Å². The number of hydrogen-bond donors (Lipinski definition) is 1. The van der Waals surface area contributed by atoms with Gasteiger partial charge in [0, 0.05) is 18.2 Å². The summed E-state index contributed by atoms with van der Waals surface area (Å²) >= 11 is 6.34. The highest BCUT2D eigenvalue weighted by Gasteiger charge is 2.21. The second-order valence-electron chi connectivity index (χ2n) is 5.81. The summed E-state index contributed by atoms with van der Waals surface area (Å²) in [4.78, 5) is 0. The number of hydrogen-bond acceptors (Lipinski definition) is 2. The SMILES string of the molecule is Cc1cc(C)cc(Oc2c(Cl)cccc2CNC2CC2)c1. The van der Waals surface area contributed by atoms with Gasteiger partial charge in [0.2, 0.25) is 0 Å².